The summed E-state index contributed by atoms with van der Waals surface area (Å²) in [6.07, 6.45) is 0. The third-order valence-corrected chi connectivity index (χ3v) is 6.22. The molecule has 0 bridgehead atoms. The number of carbonyl (C=O) groups excluding carboxylic acids is 2. The molecule has 0 aliphatic carbocycles. The lowest BCUT2D eigenvalue weighted by Crippen LogP contribution is -2.40. The first-order valence-corrected chi connectivity index (χ1v) is 10.5. The molecule has 3 rings (SSSR count). The topological polar surface area (TPSA) is 95.3 Å². The van der Waals surface area contributed by atoms with Gasteiger partial charge in [-0.1, -0.05) is 48.0 Å². The normalized spacial score (nSPS) is 10.8. The highest BCUT2D eigenvalue weighted by Crippen LogP contribution is 2.21. The number of ketones is 1. The van der Waals surface area contributed by atoms with Crippen LogP contribution in [0.15, 0.2) is 83.8 Å². The Hall–Kier alpha value is -3.76. The summed E-state index contributed by atoms with van der Waals surface area (Å²) in [7, 11) is -4.27. The highest BCUT2D eigenvalue weighted by Gasteiger charge is 2.34. The van der Waals surface area contributed by atoms with Crippen molar-refractivity contribution in [3.63, 3.8) is 0 Å². The lowest BCUT2D eigenvalue weighted by Gasteiger charge is -2.22. The highest BCUT2D eigenvalue weighted by molar-refractivity contribution is 7.89. The monoisotopic (exact) mass is 418 g/mol. The van der Waals surface area contributed by atoms with Crippen molar-refractivity contribution in [1.29, 1.82) is 5.26 Å². The van der Waals surface area contributed by atoms with E-state index in [0.717, 1.165) is 5.56 Å². The molecule has 0 heterocycles. The van der Waals surface area contributed by atoms with Crippen molar-refractivity contribution < 1.29 is 18.0 Å². The Bertz CT molecular complexity index is 1210. The molecule has 0 saturated carbocycles. The molecule has 0 aliphatic rings. The van der Waals surface area contributed by atoms with Gasteiger partial charge in [-0.05, 0) is 48.9 Å². The van der Waals surface area contributed by atoms with Gasteiger partial charge in [0.05, 0.1) is 23.1 Å². The number of nitriles is 1. The summed E-state index contributed by atoms with van der Waals surface area (Å²) in [5.41, 5.74) is 1.77. The minimum absolute atomic E-state index is 0.0103. The van der Waals surface area contributed by atoms with E-state index >= 15 is 0 Å². The molecular formula is C23H18N2O4S. The molecule has 3 aromatic rings. The van der Waals surface area contributed by atoms with E-state index in [0.29, 0.717) is 15.4 Å². The van der Waals surface area contributed by atoms with Crippen molar-refractivity contribution in [2.24, 2.45) is 0 Å². The SMILES string of the molecule is Cc1ccc(S(=O)(=O)N(Cc2ccccc2)C(=O)C(=O)c2ccc(C#N)cc2)cc1. The number of hydrogen-bond donors (Lipinski definition) is 0. The molecule has 150 valence electrons. The average molecular weight is 418 g/mol. The maximum Gasteiger partial charge on any atom is 0.309 e. The van der Waals surface area contributed by atoms with Gasteiger partial charge in [-0.2, -0.15) is 5.26 Å². The highest BCUT2D eigenvalue weighted by atomic mass is 32.2. The van der Waals surface area contributed by atoms with Crippen LogP contribution in [0.5, 0.6) is 0 Å². The van der Waals surface area contributed by atoms with Crippen molar-refractivity contribution in [3.05, 3.63) is 101 Å². The largest absolute Gasteiger partial charge is 0.309 e. The van der Waals surface area contributed by atoms with Crippen molar-refractivity contribution in [2.45, 2.75) is 18.4 Å². The zero-order chi connectivity index (χ0) is 21.7. The second-order valence-electron chi connectivity index (χ2n) is 6.63. The molecule has 0 spiro atoms. The summed E-state index contributed by atoms with van der Waals surface area (Å²) >= 11 is 0. The smallest absolute Gasteiger partial charge is 0.283 e. The van der Waals surface area contributed by atoms with Crippen molar-refractivity contribution in [1.82, 2.24) is 4.31 Å². The second kappa shape index (κ2) is 8.72. The number of sulfonamides is 1. The Morgan fingerprint density at radius 2 is 1.50 bits per heavy atom. The van der Waals surface area contributed by atoms with Gasteiger partial charge in [-0.25, -0.2) is 12.7 Å². The molecule has 7 heteroatoms. The Morgan fingerprint density at radius 3 is 2.07 bits per heavy atom. The zero-order valence-electron chi connectivity index (χ0n) is 16.1. The van der Waals surface area contributed by atoms with E-state index < -0.39 is 21.7 Å². The Kier molecular flexibility index (Phi) is 6.09. The first kappa shape index (κ1) is 21.0. The van der Waals surface area contributed by atoms with Crippen LogP contribution in [0.2, 0.25) is 0 Å². The molecule has 0 saturated heterocycles. The van der Waals surface area contributed by atoms with Gasteiger partial charge in [0, 0.05) is 5.56 Å². The van der Waals surface area contributed by atoms with E-state index in [1.54, 1.807) is 42.5 Å². The van der Waals surface area contributed by atoms with Gasteiger partial charge in [0.15, 0.2) is 0 Å². The van der Waals surface area contributed by atoms with E-state index in [4.69, 9.17) is 5.26 Å². The number of Topliss-reactive ketones (excluding diaryl/α,β-unsaturated/α-hetero) is 1. The summed E-state index contributed by atoms with van der Waals surface area (Å²) in [5, 5.41) is 8.89. The van der Waals surface area contributed by atoms with Crippen molar-refractivity contribution >= 4 is 21.7 Å². The van der Waals surface area contributed by atoms with Crippen LogP contribution in [-0.2, 0) is 21.4 Å². The molecule has 3 aromatic carbocycles. The molecule has 0 radical (unpaired) electrons. The third kappa shape index (κ3) is 4.45. The van der Waals surface area contributed by atoms with Gasteiger partial charge < -0.3 is 0 Å². The fraction of sp³-hybridized carbons (Fsp3) is 0.0870. The summed E-state index contributed by atoms with van der Waals surface area (Å²) in [6.45, 7) is 1.54. The fourth-order valence-electron chi connectivity index (χ4n) is 2.79. The van der Waals surface area contributed by atoms with Crippen LogP contribution in [0, 0.1) is 18.3 Å². The minimum Gasteiger partial charge on any atom is -0.283 e. The lowest BCUT2D eigenvalue weighted by molar-refractivity contribution is -0.122. The van der Waals surface area contributed by atoms with Crippen LogP contribution in [0.25, 0.3) is 0 Å². The first-order valence-electron chi connectivity index (χ1n) is 9.05. The van der Waals surface area contributed by atoms with Crippen LogP contribution in [0.1, 0.15) is 27.0 Å². The first-order chi connectivity index (χ1) is 14.3. The molecular weight excluding hydrogens is 400 g/mol. The van der Waals surface area contributed by atoms with E-state index in [-0.39, 0.29) is 17.0 Å². The second-order valence-corrected chi connectivity index (χ2v) is 8.50. The number of rotatable bonds is 6. The van der Waals surface area contributed by atoms with Gasteiger partial charge in [0.1, 0.15) is 0 Å². The predicted molar refractivity (Wildman–Crippen MR) is 111 cm³/mol. The fourth-order valence-corrected chi connectivity index (χ4v) is 4.14. The number of carbonyl (C=O) groups is 2. The predicted octanol–water partition coefficient (Wildman–Crippen LogP) is 3.47. The molecule has 0 N–H and O–H groups in total. The summed E-state index contributed by atoms with van der Waals surface area (Å²) in [4.78, 5) is 25.7. The van der Waals surface area contributed by atoms with Crippen LogP contribution < -0.4 is 0 Å². The number of nitrogens with zero attached hydrogens (tertiary/aromatic N) is 2. The van der Waals surface area contributed by atoms with Gasteiger partial charge >= 0.3 is 5.91 Å². The van der Waals surface area contributed by atoms with Crippen molar-refractivity contribution in [2.75, 3.05) is 0 Å². The molecule has 0 aliphatic heterocycles. The Morgan fingerprint density at radius 1 is 0.900 bits per heavy atom. The number of benzene rings is 3. The Balaban J connectivity index is 2.01. The number of hydrogen-bond acceptors (Lipinski definition) is 5. The quantitative estimate of drug-likeness (QED) is 0.451. The van der Waals surface area contributed by atoms with Crippen LogP contribution >= 0.6 is 0 Å². The van der Waals surface area contributed by atoms with E-state index in [1.807, 2.05) is 13.0 Å². The summed E-state index contributed by atoms with van der Waals surface area (Å²) in [5.74, 6) is -2.13. The lowest BCUT2D eigenvalue weighted by atomic mass is 10.1. The molecule has 0 atom stereocenters. The zero-order valence-corrected chi connectivity index (χ0v) is 17.0. The van der Waals surface area contributed by atoms with Gasteiger partial charge in [0.2, 0.25) is 0 Å². The Labute approximate surface area is 175 Å². The van der Waals surface area contributed by atoms with Crippen LogP contribution in [-0.4, -0.2) is 24.4 Å². The van der Waals surface area contributed by atoms with Crippen molar-refractivity contribution in [3.8, 4) is 6.07 Å². The third-order valence-electron chi connectivity index (χ3n) is 4.47. The average Bonchev–Trinajstić information content (AvgIpc) is 2.77. The standard InChI is InChI=1S/C23H18N2O4S/c1-17-7-13-21(14-8-17)30(28,29)25(16-19-5-3-2-4-6-19)23(27)22(26)20-11-9-18(15-24)10-12-20/h2-14H,16H2,1H3. The number of aryl methyl sites for hydroxylation is 1. The van der Waals surface area contributed by atoms with E-state index in [1.165, 1.54) is 36.4 Å². The summed E-state index contributed by atoms with van der Waals surface area (Å²) in [6, 6.07) is 22.0. The molecule has 6 nitrogen and oxygen atoms in total. The van der Waals surface area contributed by atoms with E-state index in [2.05, 4.69) is 0 Å². The van der Waals surface area contributed by atoms with Gasteiger partial charge in [0.25, 0.3) is 15.8 Å². The van der Waals surface area contributed by atoms with Crippen LogP contribution in [0.3, 0.4) is 0 Å². The molecule has 0 unspecified atom stereocenters. The van der Waals surface area contributed by atoms with Crippen LogP contribution in [0.4, 0.5) is 0 Å². The molecule has 0 aromatic heterocycles. The molecule has 30 heavy (non-hydrogen) atoms. The summed E-state index contributed by atoms with van der Waals surface area (Å²) < 4.78 is 27.1. The van der Waals surface area contributed by atoms with E-state index in [9.17, 15) is 18.0 Å². The maximum absolute atomic E-state index is 13.2. The van der Waals surface area contributed by atoms with Gasteiger partial charge in [-0.15, -0.1) is 0 Å². The van der Waals surface area contributed by atoms with Gasteiger partial charge in [-0.3, -0.25) is 9.59 Å². The molecule has 1 amide bonds. The maximum atomic E-state index is 13.2. The molecule has 0 fully saturated rings. The minimum atomic E-state index is -4.27. The number of amides is 1.